The van der Waals surface area contributed by atoms with E-state index in [-0.39, 0.29) is 24.4 Å². The summed E-state index contributed by atoms with van der Waals surface area (Å²) in [5.41, 5.74) is 4.69. The van der Waals surface area contributed by atoms with E-state index in [0.717, 1.165) is 44.7 Å². The topological polar surface area (TPSA) is 44.4 Å². The van der Waals surface area contributed by atoms with Gasteiger partial charge >= 0.3 is 0 Å². The van der Waals surface area contributed by atoms with E-state index in [4.69, 9.17) is 0 Å². The quantitative estimate of drug-likeness (QED) is 0.829. The Kier molecular flexibility index (Phi) is 6.53. The van der Waals surface area contributed by atoms with Gasteiger partial charge in [0.1, 0.15) is 0 Å². The molecule has 27 heavy (non-hydrogen) atoms. The predicted molar refractivity (Wildman–Crippen MR) is 111 cm³/mol. The summed E-state index contributed by atoms with van der Waals surface area (Å²) < 4.78 is 0. The van der Waals surface area contributed by atoms with Crippen molar-refractivity contribution in [1.29, 1.82) is 0 Å². The van der Waals surface area contributed by atoms with Gasteiger partial charge in [0.05, 0.1) is 0 Å². The lowest BCUT2D eigenvalue weighted by Crippen LogP contribution is -2.39. The van der Waals surface area contributed by atoms with Crippen molar-refractivity contribution in [2.24, 2.45) is 5.92 Å². The number of rotatable bonds is 5. The minimum absolute atomic E-state index is 0. The Morgan fingerprint density at radius 1 is 1.19 bits per heavy atom. The molecule has 1 saturated heterocycles. The van der Waals surface area contributed by atoms with Gasteiger partial charge in [0.2, 0.25) is 0 Å². The maximum absolute atomic E-state index is 12.6. The minimum Gasteiger partial charge on any atom is -0.349 e. The van der Waals surface area contributed by atoms with Crippen molar-refractivity contribution in [3.05, 3.63) is 70.8 Å². The summed E-state index contributed by atoms with van der Waals surface area (Å²) in [5, 5.41) is 6.55. The predicted octanol–water partition coefficient (Wildman–Crippen LogP) is 3.35. The second-order valence-corrected chi connectivity index (χ2v) is 7.62. The highest BCUT2D eigenvalue weighted by Gasteiger charge is 2.28. The number of fused-ring (bicyclic) bond motifs is 1. The fourth-order valence-electron chi connectivity index (χ4n) is 4.10. The molecule has 2 aromatic carbocycles. The highest BCUT2D eigenvalue weighted by molar-refractivity contribution is 5.94. The van der Waals surface area contributed by atoms with Gasteiger partial charge in [0, 0.05) is 37.8 Å². The van der Waals surface area contributed by atoms with Crippen LogP contribution >= 0.6 is 12.4 Å². The maximum Gasteiger partial charge on any atom is 0.251 e. The Labute approximate surface area is 167 Å². The lowest BCUT2D eigenvalue weighted by Gasteiger charge is -2.22. The van der Waals surface area contributed by atoms with Gasteiger partial charge in [0.15, 0.2) is 0 Å². The third-order valence-corrected chi connectivity index (χ3v) is 5.72. The third kappa shape index (κ3) is 4.70. The molecule has 2 heterocycles. The summed E-state index contributed by atoms with van der Waals surface area (Å²) in [7, 11) is 0. The van der Waals surface area contributed by atoms with Gasteiger partial charge in [0.25, 0.3) is 5.91 Å². The molecule has 2 unspecified atom stereocenters. The summed E-state index contributed by atoms with van der Waals surface area (Å²) in [6.07, 6.45) is 1.14. The zero-order chi connectivity index (χ0) is 17.9. The molecule has 5 heteroatoms. The first-order chi connectivity index (χ1) is 12.7. The number of halogens is 1. The van der Waals surface area contributed by atoms with Gasteiger partial charge in [-0.15, -0.1) is 12.4 Å². The van der Waals surface area contributed by atoms with E-state index in [1.165, 1.54) is 16.7 Å². The van der Waals surface area contributed by atoms with Crippen LogP contribution < -0.4 is 10.6 Å². The molecule has 4 nitrogen and oxygen atoms in total. The number of nitrogens with one attached hydrogen (secondary N) is 2. The van der Waals surface area contributed by atoms with Crippen LogP contribution in [-0.4, -0.2) is 29.9 Å². The lowest BCUT2D eigenvalue weighted by molar-refractivity contribution is 0.0927. The first kappa shape index (κ1) is 19.9. The largest absolute Gasteiger partial charge is 0.349 e. The molecule has 0 aromatic heterocycles. The van der Waals surface area contributed by atoms with Crippen molar-refractivity contribution in [2.45, 2.75) is 39.0 Å². The third-order valence-electron chi connectivity index (χ3n) is 5.72. The first-order valence-electron chi connectivity index (χ1n) is 9.59. The minimum atomic E-state index is 0. The van der Waals surface area contributed by atoms with Crippen LogP contribution in [0.1, 0.15) is 40.4 Å². The van der Waals surface area contributed by atoms with E-state index in [2.05, 4.69) is 58.9 Å². The maximum atomic E-state index is 12.6. The van der Waals surface area contributed by atoms with Gasteiger partial charge in [-0.25, -0.2) is 0 Å². The molecule has 0 spiro atoms. The summed E-state index contributed by atoms with van der Waals surface area (Å²) in [5.74, 6) is 0.562. The fourth-order valence-corrected chi connectivity index (χ4v) is 4.10. The molecule has 2 N–H and O–H groups in total. The fraction of sp³-hybridized carbons (Fsp3) is 0.409. The molecule has 0 aliphatic carbocycles. The van der Waals surface area contributed by atoms with Crippen molar-refractivity contribution in [3.8, 4) is 0 Å². The van der Waals surface area contributed by atoms with Crippen molar-refractivity contribution in [1.82, 2.24) is 15.5 Å². The molecule has 2 atom stereocenters. The zero-order valence-electron chi connectivity index (χ0n) is 15.8. The van der Waals surface area contributed by atoms with E-state index in [1.807, 2.05) is 12.1 Å². The van der Waals surface area contributed by atoms with Crippen LogP contribution in [0, 0.1) is 5.92 Å². The van der Waals surface area contributed by atoms with Crippen LogP contribution in [0.4, 0.5) is 0 Å². The summed E-state index contributed by atoms with van der Waals surface area (Å²) in [6.45, 7) is 7.06. The highest BCUT2D eigenvalue weighted by Crippen LogP contribution is 2.22. The molecule has 0 bridgehead atoms. The van der Waals surface area contributed by atoms with Gasteiger partial charge in [-0.1, -0.05) is 36.4 Å². The molecular weight excluding hydrogens is 358 g/mol. The van der Waals surface area contributed by atoms with Gasteiger partial charge in [-0.05, 0) is 54.6 Å². The second kappa shape index (κ2) is 8.87. The average Bonchev–Trinajstić information content (AvgIpc) is 3.31. The monoisotopic (exact) mass is 385 g/mol. The molecule has 1 amide bonds. The molecular formula is C22H28ClN3O. The number of likely N-dealkylation sites (tertiary alicyclic amines) is 1. The van der Waals surface area contributed by atoms with Crippen molar-refractivity contribution in [3.63, 3.8) is 0 Å². The standard InChI is InChI=1S/C22H27N3O.ClH/c1-16(20-9-10-25(15-20)14-17-5-3-2-4-6-17)24-22(26)18-7-8-19-12-23-13-21(19)11-18;/h2-8,11,16,20,23H,9-10,12-15H2,1H3,(H,24,26);1H. The van der Waals surface area contributed by atoms with Gasteiger partial charge < -0.3 is 10.6 Å². The van der Waals surface area contributed by atoms with E-state index in [9.17, 15) is 4.79 Å². The van der Waals surface area contributed by atoms with Gasteiger partial charge in [-0.3, -0.25) is 9.69 Å². The molecule has 2 aromatic rings. The van der Waals surface area contributed by atoms with E-state index < -0.39 is 0 Å². The molecule has 4 rings (SSSR count). The molecule has 1 fully saturated rings. The van der Waals surface area contributed by atoms with Crippen LogP contribution in [-0.2, 0) is 19.6 Å². The Bertz CT molecular complexity index is 780. The Morgan fingerprint density at radius 3 is 2.78 bits per heavy atom. The molecule has 2 aliphatic rings. The number of carbonyl (C=O) groups is 1. The van der Waals surface area contributed by atoms with Crippen LogP contribution in [0.25, 0.3) is 0 Å². The van der Waals surface area contributed by atoms with Gasteiger partial charge in [-0.2, -0.15) is 0 Å². The highest BCUT2D eigenvalue weighted by atomic mass is 35.5. The zero-order valence-corrected chi connectivity index (χ0v) is 16.6. The summed E-state index contributed by atoms with van der Waals surface area (Å²) in [6, 6.07) is 16.9. The van der Waals surface area contributed by atoms with Crippen LogP contribution in [0.3, 0.4) is 0 Å². The molecule has 2 aliphatic heterocycles. The van der Waals surface area contributed by atoms with Crippen molar-refractivity contribution < 1.29 is 4.79 Å². The lowest BCUT2D eigenvalue weighted by atomic mass is 9.99. The number of nitrogens with zero attached hydrogens (tertiary/aromatic N) is 1. The Morgan fingerprint density at radius 2 is 1.96 bits per heavy atom. The van der Waals surface area contributed by atoms with E-state index >= 15 is 0 Å². The van der Waals surface area contributed by atoms with Crippen molar-refractivity contribution in [2.75, 3.05) is 13.1 Å². The number of amides is 1. The Hall–Kier alpha value is -1.88. The van der Waals surface area contributed by atoms with Crippen LogP contribution in [0.2, 0.25) is 0 Å². The second-order valence-electron chi connectivity index (χ2n) is 7.62. The van der Waals surface area contributed by atoms with Crippen LogP contribution in [0.5, 0.6) is 0 Å². The SMILES string of the molecule is CC(NC(=O)c1ccc2c(c1)CNC2)C1CCN(Cc2ccccc2)C1.Cl. The number of carbonyl (C=O) groups excluding carboxylic acids is 1. The molecule has 144 valence electrons. The molecule has 0 saturated carbocycles. The Balaban J connectivity index is 0.00000210. The van der Waals surface area contributed by atoms with E-state index in [1.54, 1.807) is 0 Å². The number of benzene rings is 2. The molecule has 0 radical (unpaired) electrons. The average molecular weight is 386 g/mol. The number of hydrogen-bond donors (Lipinski definition) is 2. The number of hydrogen-bond acceptors (Lipinski definition) is 3. The summed E-state index contributed by atoms with van der Waals surface area (Å²) >= 11 is 0. The van der Waals surface area contributed by atoms with E-state index in [0.29, 0.717) is 5.92 Å². The summed E-state index contributed by atoms with van der Waals surface area (Å²) in [4.78, 5) is 15.1. The normalized spacial score (nSPS) is 20.0. The van der Waals surface area contributed by atoms with Crippen molar-refractivity contribution >= 4 is 18.3 Å². The smallest absolute Gasteiger partial charge is 0.251 e. The van der Waals surface area contributed by atoms with Crippen LogP contribution in [0.15, 0.2) is 48.5 Å². The first-order valence-corrected chi connectivity index (χ1v) is 9.59.